The topological polar surface area (TPSA) is 46.2 Å². The van der Waals surface area contributed by atoms with Crippen molar-refractivity contribution in [1.29, 1.82) is 0 Å². The highest BCUT2D eigenvalue weighted by Crippen LogP contribution is 2.30. The predicted molar refractivity (Wildman–Crippen MR) is 83.0 cm³/mol. The first-order chi connectivity index (χ1) is 9.06. The minimum Gasteiger partial charge on any atom is -0.399 e. The Morgan fingerprint density at radius 3 is 2.58 bits per heavy atom. The number of nitrogens with two attached hydrogens (primary N) is 1. The van der Waals surface area contributed by atoms with Crippen LogP contribution in [0.5, 0.6) is 0 Å². The first kappa shape index (κ1) is 14.5. The number of hydrogen-bond acceptors (Lipinski definition) is 3. The van der Waals surface area contributed by atoms with Crippen molar-refractivity contribution in [1.82, 2.24) is 0 Å². The molecule has 0 radical (unpaired) electrons. The molecule has 0 aromatic heterocycles. The maximum atomic E-state index is 10.1. The highest BCUT2D eigenvalue weighted by molar-refractivity contribution is 7.99. The van der Waals surface area contributed by atoms with Crippen LogP contribution in [0, 0.1) is 0 Å². The van der Waals surface area contributed by atoms with Crippen molar-refractivity contribution in [2.45, 2.75) is 11.0 Å². The molecule has 0 aliphatic rings. The van der Waals surface area contributed by atoms with E-state index in [1.54, 1.807) is 24.3 Å². The smallest absolute Gasteiger partial charge is 0.0884 e. The Kier molecular flexibility index (Phi) is 4.99. The van der Waals surface area contributed by atoms with E-state index in [1.165, 1.54) is 11.8 Å². The molecule has 0 fully saturated rings. The number of aliphatic hydroxyl groups is 1. The van der Waals surface area contributed by atoms with Crippen molar-refractivity contribution in [3.05, 3.63) is 58.1 Å². The van der Waals surface area contributed by atoms with Crippen LogP contribution in [0.3, 0.4) is 0 Å². The number of benzene rings is 2. The summed E-state index contributed by atoms with van der Waals surface area (Å²) in [6, 6.07) is 12.7. The highest BCUT2D eigenvalue weighted by atomic mass is 35.5. The van der Waals surface area contributed by atoms with Gasteiger partial charge in [0.2, 0.25) is 0 Å². The van der Waals surface area contributed by atoms with Crippen LogP contribution in [0.15, 0.2) is 47.4 Å². The van der Waals surface area contributed by atoms with Crippen LogP contribution >= 0.6 is 35.0 Å². The molecule has 2 aromatic rings. The lowest BCUT2D eigenvalue weighted by molar-refractivity contribution is 0.204. The minimum absolute atomic E-state index is 0.519. The molecule has 2 rings (SSSR count). The summed E-state index contributed by atoms with van der Waals surface area (Å²) in [5.74, 6) is 0.529. The Morgan fingerprint density at radius 1 is 1.11 bits per heavy atom. The summed E-state index contributed by atoms with van der Waals surface area (Å²) < 4.78 is 0. The lowest BCUT2D eigenvalue weighted by Gasteiger charge is -2.11. The van der Waals surface area contributed by atoms with Gasteiger partial charge in [-0.2, -0.15) is 0 Å². The average Bonchev–Trinajstić information content (AvgIpc) is 2.40. The molecule has 0 heterocycles. The molecule has 0 aliphatic heterocycles. The van der Waals surface area contributed by atoms with Gasteiger partial charge >= 0.3 is 0 Å². The zero-order chi connectivity index (χ0) is 13.8. The van der Waals surface area contributed by atoms with Crippen LogP contribution in [0.4, 0.5) is 5.69 Å². The first-order valence-corrected chi connectivity index (χ1v) is 7.42. The number of hydrogen-bond donors (Lipinski definition) is 2. The zero-order valence-corrected chi connectivity index (χ0v) is 12.3. The quantitative estimate of drug-likeness (QED) is 0.649. The maximum absolute atomic E-state index is 10.1. The number of halogens is 2. The summed E-state index contributed by atoms with van der Waals surface area (Å²) in [5, 5.41) is 11.1. The third kappa shape index (κ3) is 4.05. The molecule has 0 amide bonds. The number of aliphatic hydroxyl groups excluding tert-OH is 1. The summed E-state index contributed by atoms with van der Waals surface area (Å²) >= 11 is 13.3. The van der Waals surface area contributed by atoms with Crippen LogP contribution in [0.1, 0.15) is 11.7 Å². The fraction of sp³-hybridized carbons (Fsp3) is 0.143. The van der Waals surface area contributed by atoms with Gasteiger partial charge in [-0.1, -0.05) is 35.3 Å². The monoisotopic (exact) mass is 313 g/mol. The first-order valence-electron chi connectivity index (χ1n) is 5.67. The molecule has 0 aliphatic carbocycles. The van der Waals surface area contributed by atoms with E-state index in [9.17, 15) is 5.11 Å². The van der Waals surface area contributed by atoms with Crippen LogP contribution in [0.25, 0.3) is 0 Å². The summed E-state index contributed by atoms with van der Waals surface area (Å²) in [5.41, 5.74) is 7.15. The van der Waals surface area contributed by atoms with E-state index < -0.39 is 6.10 Å². The lowest BCUT2D eigenvalue weighted by Crippen LogP contribution is -2.01. The molecular weight excluding hydrogens is 301 g/mol. The van der Waals surface area contributed by atoms with Crippen LogP contribution in [-0.2, 0) is 0 Å². The van der Waals surface area contributed by atoms with Gasteiger partial charge in [0.1, 0.15) is 0 Å². The molecule has 100 valence electrons. The van der Waals surface area contributed by atoms with Gasteiger partial charge in [-0.3, -0.25) is 0 Å². The van der Waals surface area contributed by atoms with E-state index in [2.05, 4.69) is 0 Å². The van der Waals surface area contributed by atoms with Gasteiger partial charge < -0.3 is 10.8 Å². The molecular formula is C14H13Cl2NOS. The van der Waals surface area contributed by atoms with Gasteiger partial charge in [0, 0.05) is 16.3 Å². The van der Waals surface area contributed by atoms with E-state index in [1.807, 2.05) is 18.2 Å². The second-order valence-electron chi connectivity index (χ2n) is 4.07. The largest absolute Gasteiger partial charge is 0.399 e. The summed E-state index contributed by atoms with van der Waals surface area (Å²) in [6.45, 7) is 0. The Morgan fingerprint density at radius 2 is 1.89 bits per heavy atom. The fourth-order valence-electron chi connectivity index (χ4n) is 1.60. The third-order valence-corrected chi connectivity index (χ3v) is 4.40. The van der Waals surface area contributed by atoms with Gasteiger partial charge in [0.25, 0.3) is 0 Å². The molecule has 19 heavy (non-hydrogen) atoms. The average molecular weight is 314 g/mol. The van der Waals surface area contributed by atoms with Crippen molar-refractivity contribution >= 4 is 40.7 Å². The van der Waals surface area contributed by atoms with Crippen molar-refractivity contribution < 1.29 is 5.11 Å². The number of rotatable bonds is 4. The summed E-state index contributed by atoms with van der Waals surface area (Å²) in [4.78, 5) is 0.970. The highest BCUT2D eigenvalue weighted by Gasteiger charge is 2.09. The Labute approximate surface area is 126 Å². The van der Waals surface area contributed by atoms with Crippen LogP contribution < -0.4 is 5.73 Å². The molecule has 1 unspecified atom stereocenters. The SMILES string of the molecule is Nc1cccc(C(O)CSc2ccc(Cl)c(Cl)c2)c1. The molecule has 0 saturated carbocycles. The standard InChI is InChI=1S/C14H13Cl2NOS/c15-12-5-4-11(7-13(12)16)19-8-14(18)9-2-1-3-10(17)6-9/h1-7,14,18H,8,17H2. The molecule has 3 N–H and O–H groups in total. The maximum Gasteiger partial charge on any atom is 0.0884 e. The normalized spacial score (nSPS) is 12.4. The number of thioether (sulfide) groups is 1. The lowest BCUT2D eigenvalue weighted by atomic mass is 10.1. The van der Waals surface area contributed by atoms with E-state index >= 15 is 0 Å². The molecule has 0 saturated heterocycles. The van der Waals surface area contributed by atoms with Crippen molar-refractivity contribution in [2.24, 2.45) is 0 Å². The van der Waals surface area contributed by atoms with Crippen LogP contribution in [-0.4, -0.2) is 10.9 Å². The van der Waals surface area contributed by atoms with Crippen molar-refractivity contribution in [2.75, 3.05) is 11.5 Å². The number of nitrogen functional groups attached to an aromatic ring is 1. The van der Waals surface area contributed by atoms with Gasteiger partial charge in [0.15, 0.2) is 0 Å². The predicted octanol–water partition coefficient (Wildman–Crippen LogP) is 4.40. The Balaban J connectivity index is 2.00. The molecule has 0 bridgehead atoms. The van der Waals surface area contributed by atoms with Gasteiger partial charge in [-0.15, -0.1) is 11.8 Å². The molecule has 5 heteroatoms. The van der Waals surface area contributed by atoms with Crippen molar-refractivity contribution in [3.8, 4) is 0 Å². The molecule has 1 atom stereocenters. The second-order valence-corrected chi connectivity index (χ2v) is 5.98. The van der Waals surface area contributed by atoms with Gasteiger partial charge in [0.05, 0.1) is 16.1 Å². The van der Waals surface area contributed by atoms with E-state index in [-0.39, 0.29) is 0 Å². The summed E-state index contributed by atoms with van der Waals surface area (Å²) in [6.07, 6.45) is -0.567. The molecule has 2 aromatic carbocycles. The minimum atomic E-state index is -0.567. The van der Waals surface area contributed by atoms with Gasteiger partial charge in [-0.25, -0.2) is 0 Å². The second kappa shape index (κ2) is 6.53. The molecule has 0 spiro atoms. The van der Waals surface area contributed by atoms with E-state index in [0.717, 1.165) is 10.5 Å². The van der Waals surface area contributed by atoms with Gasteiger partial charge in [-0.05, 0) is 35.9 Å². The Bertz CT molecular complexity index is 577. The van der Waals surface area contributed by atoms with E-state index in [0.29, 0.717) is 21.5 Å². The fourth-order valence-corrected chi connectivity index (χ4v) is 2.88. The summed E-state index contributed by atoms with van der Waals surface area (Å²) in [7, 11) is 0. The van der Waals surface area contributed by atoms with Crippen LogP contribution in [0.2, 0.25) is 10.0 Å². The zero-order valence-electron chi connectivity index (χ0n) is 10.0. The van der Waals surface area contributed by atoms with Crippen molar-refractivity contribution in [3.63, 3.8) is 0 Å². The number of anilines is 1. The molecule has 2 nitrogen and oxygen atoms in total. The van der Waals surface area contributed by atoms with E-state index in [4.69, 9.17) is 28.9 Å². The third-order valence-electron chi connectivity index (χ3n) is 2.59. The Hall–Kier alpha value is -0.870.